The van der Waals surface area contributed by atoms with Crippen LogP contribution in [0.4, 0.5) is 5.82 Å². The zero-order chi connectivity index (χ0) is 11.0. The normalized spacial score (nSPS) is 16.9. The van der Waals surface area contributed by atoms with E-state index in [1.165, 1.54) is 0 Å². The summed E-state index contributed by atoms with van der Waals surface area (Å²) < 4.78 is 7.00. The highest BCUT2D eigenvalue weighted by atomic mass is 35.5. The summed E-state index contributed by atoms with van der Waals surface area (Å²) in [6.45, 7) is 3.26. The Labute approximate surface area is 97.6 Å². The summed E-state index contributed by atoms with van der Waals surface area (Å²) in [6.07, 6.45) is 1.71. The third kappa shape index (κ3) is 1.72. The van der Waals surface area contributed by atoms with Crippen LogP contribution < -0.4 is 4.90 Å². The van der Waals surface area contributed by atoms with Crippen molar-refractivity contribution in [2.45, 2.75) is 0 Å². The second-order valence-electron chi connectivity index (χ2n) is 3.66. The predicted octanol–water partition coefficient (Wildman–Crippen LogP) is 1.22. The van der Waals surface area contributed by atoms with Crippen molar-refractivity contribution < 1.29 is 4.74 Å². The Morgan fingerprint density at radius 2 is 2.06 bits per heavy atom. The van der Waals surface area contributed by atoms with E-state index in [0.29, 0.717) is 5.15 Å². The maximum atomic E-state index is 5.82. The lowest BCUT2D eigenvalue weighted by molar-refractivity contribution is 0.122. The second-order valence-corrected chi connectivity index (χ2v) is 4.04. The van der Waals surface area contributed by atoms with Crippen molar-refractivity contribution in [3.63, 3.8) is 0 Å². The highest BCUT2D eigenvalue weighted by molar-refractivity contribution is 6.29. The van der Waals surface area contributed by atoms with Crippen LogP contribution in [0.3, 0.4) is 0 Å². The van der Waals surface area contributed by atoms with Gasteiger partial charge >= 0.3 is 0 Å². The first-order chi connectivity index (χ1) is 7.83. The first-order valence-corrected chi connectivity index (χ1v) is 5.55. The van der Waals surface area contributed by atoms with E-state index in [-0.39, 0.29) is 0 Å². The smallest absolute Gasteiger partial charge is 0.155 e. The molecule has 0 unspecified atom stereocenters. The van der Waals surface area contributed by atoms with Crippen LogP contribution in [0.1, 0.15) is 0 Å². The van der Waals surface area contributed by atoms with Gasteiger partial charge in [0.15, 0.2) is 5.65 Å². The van der Waals surface area contributed by atoms with Gasteiger partial charge in [0, 0.05) is 13.1 Å². The largest absolute Gasteiger partial charge is 0.378 e. The molecule has 0 aromatic carbocycles. The SMILES string of the molecule is Clc1cn2nc(N3CCOCC3)ccc2n1. The zero-order valence-corrected chi connectivity index (χ0v) is 9.39. The number of hydrogen-bond acceptors (Lipinski definition) is 4. The van der Waals surface area contributed by atoms with Crippen LogP contribution >= 0.6 is 11.6 Å². The number of rotatable bonds is 1. The van der Waals surface area contributed by atoms with Crippen LogP contribution in [-0.4, -0.2) is 40.9 Å². The lowest BCUT2D eigenvalue weighted by Crippen LogP contribution is -2.36. The molecule has 0 aliphatic carbocycles. The summed E-state index contributed by atoms with van der Waals surface area (Å²) in [5.41, 5.74) is 0.766. The van der Waals surface area contributed by atoms with Crippen LogP contribution in [0.5, 0.6) is 0 Å². The number of imidazole rings is 1. The van der Waals surface area contributed by atoms with Crippen molar-refractivity contribution in [2.24, 2.45) is 0 Å². The molecule has 0 radical (unpaired) electrons. The Morgan fingerprint density at radius 1 is 1.25 bits per heavy atom. The van der Waals surface area contributed by atoms with E-state index < -0.39 is 0 Å². The Bertz CT molecular complexity index is 506. The monoisotopic (exact) mass is 238 g/mol. The van der Waals surface area contributed by atoms with Crippen LogP contribution in [0.25, 0.3) is 5.65 Å². The number of nitrogens with zero attached hydrogens (tertiary/aromatic N) is 4. The fourth-order valence-corrected chi connectivity index (χ4v) is 1.98. The number of halogens is 1. The molecule has 1 fully saturated rings. The van der Waals surface area contributed by atoms with Gasteiger partial charge in [-0.05, 0) is 12.1 Å². The Morgan fingerprint density at radius 3 is 2.88 bits per heavy atom. The van der Waals surface area contributed by atoms with Gasteiger partial charge in [-0.1, -0.05) is 11.6 Å². The van der Waals surface area contributed by atoms with E-state index in [9.17, 15) is 0 Å². The molecule has 2 aromatic heterocycles. The number of morpholine rings is 1. The average Bonchev–Trinajstić information content (AvgIpc) is 2.69. The van der Waals surface area contributed by atoms with E-state index in [0.717, 1.165) is 37.8 Å². The third-order valence-corrected chi connectivity index (χ3v) is 2.79. The molecule has 0 atom stereocenters. The molecule has 1 saturated heterocycles. The van der Waals surface area contributed by atoms with Crippen molar-refractivity contribution >= 4 is 23.1 Å². The second kappa shape index (κ2) is 3.92. The van der Waals surface area contributed by atoms with E-state index in [2.05, 4.69) is 15.0 Å². The maximum Gasteiger partial charge on any atom is 0.155 e. The summed E-state index contributed by atoms with van der Waals surface area (Å²) in [7, 11) is 0. The summed E-state index contributed by atoms with van der Waals surface area (Å²) in [5.74, 6) is 0.935. The van der Waals surface area contributed by atoms with Crippen molar-refractivity contribution in [1.82, 2.24) is 14.6 Å². The van der Waals surface area contributed by atoms with Crippen LogP contribution in [0.2, 0.25) is 5.15 Å². The number of aromatic nitrogens is 3. The van der Waals surface area contributed by atoms with Crippen LogP contribution in [0, 0.1) is 0 Å². The lowest BCUT2D eigenvalue weighted by Gasteiger charge is -2.27. The lowest BCUT2D eigenvalue weighted by atomic mass is 10.4. The molecule has 0 bridgehead atoms. The number of ether oxygens (including phenoxy) is 1. The Hall–Kier alpha value is -1.33. The topological polar surface area (TPSA) is 42.7 Å². The maximum absolute atomic E-state index is 5.82. The van der Waals surface area contributed by atoms with E-state index >= 15 is 0 Å². The minimum Gasteiger partial charge on any atom is -0.378 e. The third-order valence-electron chi connectivity index (χ3n) is 2.61. The highest BCUT2D eigenvalue weighted by Crippen LogP contribution is 2.15. The molecule has 3 heterocycles. The highest BCUT2D eigenvalue weighted by Gasteiger charge is 2.13. The number of anilines is 1. The molecular weight excluding hydrogens is 228 g/mol. The minimum absolute atomic E-state index is 0.464. The molecule has 2 aromatic rings. The molecular formula is C10H11ClN4O. The minimum atomic E-state index is 0.464. The van der Waals surface area contributed by atoms with Gasteiger partial charge in [-0.2, -0.15) is 0 Å². The van der Waals surface area contributed by atoms with Gasteiger partial charge in [0.1, 0.15) is 11.0 Å². The van der Waals surface area contributed by atoms with Gasteiger partial charge in [-0.15, -0.1) is 5.10 Å². The number of fused-ring (bicyclic) bond motifs is 1. The van der Waals surface area contributed by atoms with Crippen LogP contribution in [0.15, 0.2) is 18.3 Å². The fourth-order valence-electron chi connectivity index (χ4n) is 1.80. The van der Waals surface area contributed by atoms with Crippen molar-refractivity contribution in [3.8, 4) is 0 Å². The van der Waals surface area contributed by atoms with Crippen molar-refractivity contribution in [2.75, 3.05) is 31.2 Å². The van der Waals surface area contributed by atoms with Crippen molar-refractivity contribution in [1.29, 1.82) is 0 Å². The molecule has 5 nitrogen and oxygen atoms in total. The van der Waals surface area contributed by atoms with Gasteiger partial charge in [-0.3, -0.25) is 0 Å². The molecule has 0 N–H and O–H groups in total. The average molecular weight is 239 g/mol. The summed E-state index contributed by atoms with van der Waals surface area (Å²) in [4.78, 5) is 6.31. The molecule has 0 amide bonds. The van der Waals surface area contributed by atoms with E-state index in [4.69, 9.17) is 16.3 Å². The molecule has 0 spiro atoms. The van der Waals surface area contributed by atoms with Gasteiger partial charge in [0.2, 0.25) is 0 Å². The molecule has 6 heteroatoms. The molecule has 84 valence electrons. The standard InChI is InChI=1S/C10H11ClN4O/c11-8-7-15-9(12-8)1-2-10(13-15)14-3-5-16-6-4-14/h1-2,7H,3-6H2. The van der Waals surface area contributed by atoms with Crippen molar-refractivity contribution in [3.05, 3.63) is 23.5 Å². The van der Waals surface area contributed by atoms with E-state index in [1.54, 1.807) is 10.7 Å². The van der Waals surface area contributed by atoms with Gasteiger partial charge in [0.05, 0.1) is 19.4 Å². The summed E-state index contributed by atoms with van der Waals surface area (Å²) >= 11 is 5.82. The first kappa shape index (κ1) is 9.86. The van der Waals surface area contributed by atoms with Gasteiger partial charge in [-0.25, -0.2) is 9.50 Å². The quantitative estimate of drug-likeness (QED) is 0.749. The summed E-state index contributed by atoms with van der Waals surface area (Å²) in [5, 5.41) is 4.92. The Kier molecular flexibility index (Phi) is 2.41. The van der Waals surface area contributed by atoms with E-state index in [1.807, 2.05) is 12.1 Å². The molecule has 1 aliphatic heterocycles. The summed E-state index contributed by atoms with van der Waals surface area (Å²) in [6, 6.07) is 3.88. The molecule has 3 rings (SSSR count). The molecule has 16 heavy (non-hydrogen) atoms. The molecule has 1 aliphatic rings. The Balaban J connectivity index is 1.97. The number of hydrogen-bond donors (Lipinski definition) is 0. The van der Waals surface area contributed by atoms with Gasteiger partial charge < -0.3 is 9.64 Å². The fraction of sp³-hybridized carbons (Fsp3) is 0.400. The first-order valence-electron chi connectivity index (χ1n) is 5.17. The predicted molar refractivity (Wildman–Crippen MR) is 61.0 cm³/mol. The molecule has 0 saturated carbocycles. The zero-order valence-electron chi connectivity index (χ0n) is 8.64. The van der Waals surface area contributed by atoms with Gasteiger partial charge in [0.25, 0.3) is 0 Å². The van der Waals surface area contributed by atoms with Crippen LogP contribution in [-0.2, 0) is 4.74 Å².